The van der Waals surface area contributed by atoms with Gasteiger partial charge < -0.3 is 0 Å². The molecule has 0 unspecified atom stereocenters. The number of benzene rings is 2. The first-order chi connectivity index (χ1) is 6.20. The molecule has 0 amide bonds. The van der Waals surface area contributed by atoms with Crippen LogP contribution in [-0.2, 0) is 0 Å². The molecule has 0 aromatic heterocycles. The largest absolute Gasteiger partial charge is 0.206 e. The van der Waals surface area contributed by atoms with Gasteiger partial charge in [0, 0.05) is 12.1 Å². The highest BCUT2D eigenvalue weighted by Crippen LogP contribution is 2.21. The Morgan fingerprint density at radius 2 is 1.77 bits per heavy atom. The highest BCUT2D eigenvalue weighted by molar-refractivity contribution is 5.83. The molecule has 0 aliphatic rings. The number of hydrogen-bond acceptors (Lipinski definition) is 0. The van der Waals surface area contributed by atoms with Gasteiger partial charge in [-0.1, -0.05) is 12.1 Å². The maximum Gasteiger partial charge on any atom is 0.170 e. The summed E-state index contributed by atoms with van der Waals surface area (Å²) in [5.74, 6) is -3.28. The molecule has 2 aromatic rings. The van der Waals surface area contributed by atoms with Gasteiger partial charge in [-0.25, -0.2) is 13.2 Å². The van der Waals surface area contributed by atoms with Gasteiger partial charge in [0.2, 0.25) is 0 Å². The third kappa shape index (κ3) is 1.16. The van der Waals surface area contributed by atoms with Crippen LogP contribution < -0.4 is 0 Å². The average Bonchev–Trinajstić information content (AvgIpc) is 2.12. The summed E-state index contributed by atoms with van der Waals surface area (Å²) in [6, 6.07) is 8.15. The Morgan fingerprint density at radius 3 is 2.54 bits per heavy atom. The summed E-state index contributed by atoms with van der Waals surface area (Å²) in [5.41, 5.74) is 0. The number of hydrogen-bond donors (Lipinski definition) is 0. The van der Waals surface area contributed by atoms with E-state index in [0.29, 0.717) is 0 Å². The minimum atomic E-state index is -1.22. The van der Waals surface area contributed by atoms with Gasteiger partial charge in [-0.15, -0.1) is 0 Å². The Kier molecular flexibility index (Phi) is 1.72. The predicted molar refractivity (Wildman–Crippen MR) is 41.5 cm³/mol. The standard InChI is InChI=1S/C10H3F3/c11-7-3-1-2-6-4-5-8(12)10(13)9(6)7/h1-2,4H. The van der Waals surface area contributed by atoms with Crippen LogP contribution in [0.1, 0.15) is 0 Å². The van der Waals surface area contributed by atoms with Gasteiger partial charge in [-0.3, -0.25) is 0 Å². The molecule has 0 nitrogen and oxygen atoms in total. The van der Waals surface area contributed by atoms with Gasteiger partial charge in [0.1, 0.15) is 5.82 Å². The van der Waals surface area contributed by atoms with Gasteiger partial charge in [-0.05, 0) is 11.5 Å². The normalized spacial score (nSPS) is 10.7. The summed E-state index contributed by atoms with van der Waals surface area (Å²) in [5, 5.41) is -0.103. The minimum absolute atomic E-state index is 0.273. The molecule has 2 radical (unpaired) electrons. The predicted octanol–water partition coefficient (Wildman–Crippen LogP) is 2.86. The van der Waals surface area contributed by atoms with Crippen molar-refractivity contribution in [3.63, 3.8) is 0 Å². The minimum Gasteiger partial charge on any atom is -0.206 e. The first-order valence-electron chi connectivity index (χ1n) is 3.55. The van der Waals surface area contributed by atoms with Crippen LogP contribution in [0, 0.1) is 29.6 Å². The van der Waals surface area contributed by atoms with E-state index in [9.17, 15) is 13.2 Å². The molecule has 0 aliphatic heterocycles. The molecule has 0 heterocycles. The van der Waals surface area contributed by atoms with Crippen LogP contribution in [0.3, 0.4) is 0 Å². The molecular weight excluding hydrogens is 177 g/mol. The fourth-order valence-electron chi connectivity index (χ4n) is 1.14. The quantitative estimate of drug-likeness (QED) is 0.584. The van der Waals surface area contributed by atoms with E-state index >= 15 is 0 Å². The zero-order valence-electron chi connectivity index (χ0n) is 6.37. The van der Waals surface area contributed by atoms with Gasteiger partial charge in [0.05, 0.1) is 5.39 Å². The molecule has 13 heavy (non-hydrogen) atoms. The molecule has 2 aromatic carbocycles. The summed E-state index contributed by atoms with van der Waals surface area (Å²) >= 11 is 0. The summed E-state index contributed by atoms with van der Waals surface area (Å²) in [7, 11) is 0. The van der Waals surface area contributed by atoms with E-state index in [0.717, 1.165) is 0 Å². The van der Waals surface area contributed by atoms with Crippen LogP contribution in [0.4, 0.5) is 13.2 Å². The monoisotopic (exact) mass is 180 g/mol. The lowest BCUT2D eigenvalue weighted by atomic mass is 10.1. The van der Waals surface area contributed by atoms with E-state index in [1.807, 2.05) is 6.07 Å². The number of rotatable bonds is 0. The molecule has 64 valence electrons. The first-order valence-corrected chi connectivity index (χ1v) is 3.55. The van der Waals surface area contributed by atoms with Crippen molar-refractivity contribution in [1.29, 1.82) is 0 Å². The second kappa shape index (κ2) is 2.76. The molecule has 0 N–H and O–H groups in total. The van der Waals surface area contributed by atoms with Crippen LogP contribution in [0.15, 0.2) is 18.2 Å². The number of fused-ring (bicyclic) bond motifs is 1. The topological polar surface area (TPSA) is 0 Å². The van der Waals surface area contributed by atoms with Crippen molar-refractivity contribution < 1.29 is 13.2 Å². The van der Waals surface area contributed by atoms with Crippen molar-refractivity contribution in [1.82, 2.24) is 0 Å². The van der Waals surface area contributed by atoms with E-state index in [4.69, 9.17) is 0 Å². The highest BCUT2D eigenvalue weighted by Gasteiger charge is 2.10. The molecule has 0 spiro atoms. The van der Waals surface area contributed by atoms with Crippen molar-refractivity contribution in [2.75, 3.05) is 0 Å². The highest BCUT2D eigenvalue weighted by atomic mass is 19.2. The van der Waals surface area contributed by atoms with Crippen molar-refractivity contribution in [3.05, 3.63) is 47.8 Å². The lowest BCUT2D eigenvalue weighted by Gasteiger charge is -2.00. The molecular formula is C10H3F3. The van der Waals surface area contributed by atoms with Crippen molar-refractivity contribution in [2.45, 2.75) is 0 Å². The Bertz CT molecular complexity index is 463. The molecule has 0 aliphatic carbocycles. The first kappa shape index (κ1) is 8.10. The van der Waals surface area contributed by atoms with Crippen molar-refractivity contribution >= 4 is 10.8 Å². The lowest BCUT2D eigenvalue weighted by molar-refractivity contribution is 0.510. The van der Waals surface area contributed by atoms with Crippen molar-refractivity contribution in [3.8, 4) is 0 Å². The second-order valence-corrected chi connectivity index (χ2v) is 2.54. The molecule has 0 atom stereocenters. The van der Waals surface area contributed by atoms with Crippen LogP contribution in [0.2, 0.25) is 0 Å². The molecule has 0 saturated heterocycles. The van der Waals surface area contributed by atoms with E-state index in [-0.39, 0.29) is 10.8 Å². The second-order valence-electron chi connectivity index (χ2n) is 2.54. The Labute approximate surface area is 72.6 Å². The van der Waals surface area contributed by atoms with E-state index in [2.05, 4.69) is 6.07 Å². The van der Waals surface area contributed by atoms with Crippen LogP contribution in [-0.4, -0.2) is 0 Å². The maximum absolute atomic E-state index is 13.0. The third-order valence-corrected chi connectivity index (χ3v) is 1.75. The van der Waals surface area contributed by atoms with Gasteiger partial charge in [0.15, 0.2) is 11.6 Å². The Balaban J connectivity index is 2.97. The van der Waals surface area contributed by atoms with Crippen LogP contribution in [0.5, 0.6) is 0 Å². The number of halogens is 3. The fourth-order valence-corrected chi connectivity index (χ4v) is 1.14. The average molecular weight is 180 g/mol. The van der Waals surface area contributed by atoms with Crippen LogP contribution in [0.25, 0.3) is 10.8 Å². The molecule has 0 fully saturated rings. The van der Waals surface area contributed by atoms with Gasteiger partial charge in [0.25, 0.3) is 0 Å². The SMILES string of the molecule is Fc1[c]cc2cc[c]c(F)c2c1F. The summed E-state index contributed by atoms with van der Waals surface area (Å²) in [6.45, 7) is 0. The Hall–Kier alpha value is -1.51. The lowest BCUT2D eigenvalue weighted by Crippen LogP contribution is -1.89. The van der Waals surface area contributed by atoms with Crippen LogP contribution >= 0.6 is 0 Å². The van der Waals surface area contributed by atoms with Gasteiger partial charge >= 0.3 is 0 Å². The molecule has 2 rings (SSSR count). The smallest absolute Gasteiger partial charge is 0.170 e. The fraction of sp³-hybridized carbons (Fsp3) is 0. The van der Waals surface area contributed by atoms with E-state index in [1.165, 1.54) is 18.2 Å². The molecule has 0 saturated carbocycles. The third-order valence-electron chi connectivity index (χ3n) is 1.75. The van der Waals surface area contributed by atoms with E-state index in [1.54, 1.807) is 0 Å². The zero-order valence-corrected chi connectivity index (χ0v) is 6.37. The van der Waals surface area contributed by atoms with E-state index < -0.39 is 17.5 Å². The summed E-state index contributed by atoms with van der Waals surface area (Å²) in [6.07, 6.45) is 0. The zero-order chi connectivity index (χ0) is 9.42. The van der Waals surface area contributed by atoms with Crippen molar-refractivity contribution in [2.24, 2.45) is 0 Å². The summed E-state index contributed by atoms with van der Waals surface area (Å²) < 4.78 is 38.6. The molecule has 3 heteroatoms. The summed E-state index contributed by atoms with van der Waals surface area (Å²) in [4.78, 5) is 0. The Morgan fingerprint density at radius 1 is 1.00 bits per heavy atom. The maximum atomic E-state index is 13.0. The molecule has 0 bridgehead atoms. The van der Waals surface area contributed by atoms with Gasteiger partial charge in [-0.2, -0.15) is 0 Å².